The van der Waals surface area contributed by atoms with Gasteiger partial charge in [-0.15, -0.1) is 0 Å². The van der Waals surface area contributed by atoms with E-state index in [1.165, 1.54) is 12.8 Å². The van der Waals surface area contributed by atoms with Gasteiger partial charge in [0.2, 0.25) is 5.88 Å². The molecule has 0 amide bonds. The van der Waals surface area contributed by atoms with Crippen LogP contribution in [0.1, 0.15) is 37.2 Å². The lowest BCUT2D eigenvalue weighted by atomic mass is 10.1. The van der Waals surface area contributed by atoms with Gasteiger partial charge >= 0.3 is 0 Å². The zero-order valence-electron chi connectivity index (χ0n) is 15.5. The Hall–Kier alpha value is -2.76. The molecule has 3 aromatic rings. The van der Waals surface area contributed by atoms with Crippen molar-refractivity contribution in [3.63, 3.8) is 0 Å². The number of hydrogen-bond acceptors (Lipinski definition) is 5. The van der Waals surface area contributed by atoms with Gasteiger partial charge in [0.1, 0.15) is 11.2 Å². The number of hydrogen-bond donors (Lipinski definition) is 0. The summed E-state index contributed by atoms with van der Waals surface area (Å²) in [6.45, 7) is 5.82. The van der Waals surface area contributed by atoms with Crippen LogP contribution in [0.15, 0.2) is 29.2 Å². The van der Waals surface area contributed by atoms with Crippen LogP contribution in [-0.2, 0) is 0 Å². The van der Waals surface area contributed by atoms with E-state index in [9.17, 15) is 4.79 Å². The Labute approximate surface area is 151 Å². The minimum Gasteiger partial charge on any atom is -0.481 e. The topological polar surface area (TPSA) is 69.9 Å². The second-order valence-corrected chi connectivity index (χ2v) is 6.96. The van der Waals surface area contributed by atoms with Crippen LogP contribution in [0.2, 0.25) is 0 Å². The highest BCUT2D eigenvalue weighted by Crippen LogP contribution is 2.40. The fourth-order valence-corrected chi connectivity index (χ4v) is 3.54. The third-order valence-electron chi connectivity index (χ3n) is 5.21. The summed E-state index contributed by atoms with van der Waals surface area (Å²) in [5, 5.41) is 0. The molecule has 1 aliphatic carbocycles. The van der Waals surface area contributed by atoms with Gasteiger partial charge in [-0.25, -0.2) is 9.97 Å². The van der Waals surface area contributed by atoms with Crippen LogP contribution in [0, 0.1) is 19.8 Å². The minimum absolute atomic E-state index is 0.0152. The Morgan fingerprint density at radius 2 is 1.92 bits per heavy atom. The molecule has 1 fully saturated rings. The molecular weight excluding hydrogens is 328 g/mol. The summed E-state index contributed by atoms with van der Waals surface area (Å²) in [7, 11) is 1.60. The quantitative estimate of drug-likeness (QED) is 0.721. The van der Waals surface area contributed by atoms with Crippen molar-refractivity contribution >= 4 is 11.0 Å². The van der Waals surface area contributed by atoms with Crippen molar-refractivity contribution in [2.45, 2.75) is 39.7 Å². The Morgan fingerprint density at radius 1 is 1.15 bits per heavy atom. The molecule has 0 bridgehead atoms. The summed E-state index contributed by atoms with van der Waals surface area (Å²) >= 11 is 0. The van der Waals surface area contributed by atoms with Gasteiger partial charge in [0.05, 0.1) is 24.0 Å². The number of aryl methyl sites for hydroxylation is 2. The van der Waals surface area contributed by atoms with Gasteiger partial charge in [-0.2, -0.15) is 0 Å². The average Bonchev–Trinajstić information content (AvgIpc) is 3.47. The van der Waals surface area contributed by atoms with Crippen LogP contribution in [0.3, 0.4) is 0 Å². The van der Waals surface area contributed by atoms with Crippen LogP contribution < -0.4 is 10.3 Å². The number of methoxy groups -OCH3 is 1. The Bertz CT molecular complexity index is 1050. The molecule has 0 aliphatic heterocycles. The molecule has 0 aromatic carbocycles. The SMILES string of the molecule is COc1ccc(-c2nccc3c2nc(C)c(=O)n3[C@@H](C)C2CC2)c(C)n1. The van der Waals surface area contributed by atoms with E-state index < -0.39 is 0 Å². The molecule has 3 aromatic heterocycles. The van der Waals surface area contributed by atoms with E-state index in [1.54, 1.807) is 20.2 Å². The van der Waals surface area contributed by atoms with Gasteiger partial charge in [0, 0.05) is 23.9 Å². The second-order valence-electron chi connectivity index (χ2n) is 6.96. The molecule has 0 N–H and O–H groups in total. The zero-order chi connectivity index (χ0) is 18.4. The third-order valence-corrected chi connectivity index (χ3v) is 5.21. The molecule has 0 radical (unpaired) electrons. The first-order chi connectivity index (χ1) is 12.5. The second kappa shape index (κ2) is 6.20. The molecule has 4 rings (SSSR count). The van der Waals surface area contributed by atoms with Crippen LogP contribution >= 0.6 is 0 Å². The lowest BCUT2D eigenvalue weighted by Gasteiger charge is -2.19. The van der Waals surface area contributed by atoms with Crippen molar-refractivity contribution in [2.24, 2.45) is 5.92 Å². The fraction of sp³-hybridized carbons (Fsp3) is 0.400. The van der Waals surface area contributed by atoms with E-state index in [0.717, 1.165) is 28.0 Å². The zero-order valence-corrected chi connectivity index (χ0v) is 15.5. The van der Waals surface area contributed by atoms with E-state index >= 15 is 0 Å². The predicted octanol–water partition coefficient (Wildman–Crippen LogP) is 3.45. The summed E-state index contributed by atoms with van der Waals surface area (Å²) < 4.78 is 7.10. The van der Waals surface area contributed by atoms with Gasteiger partial charge in [-0.1, -0.05) is 0 Å². The summed E-state index contributed by atoms with van der Waals surface area (Å²) in [5.41, 5.74) is 4.52. The third kappa shape index (κ3) is 2.66. The monoisotopic (exact) mass is 350 g/mol. The molecule has 0 unspecified atom stereocenters. The van der Waals surface area contributed by atoms with E-state index in [2.05, 4.69) is 21.9 Å². The van der Waals surface area contributed by atoms with Crippen molar-refractivity contribution in [1.82, 2.24) is 19.5 Å². The van der Waals surface area contributed by atoms with Crippen LogP contribution in [0.25, 0.3) is 22.3 Å². The minimum atomic E-state index is -0.0152. The number of fused-ring (bicyclic) bond motifs is 1. The van der Waals surface area contributed by atoms with E-state index in [-0.39, 0.29) is 11.6 Å². The Balaban J connectivity index is 1.99. The molecule has 3 heterocycles. The number of nitrogens with zero attached hydrogens (tertiary/aromatic N) is 4. The molecule has 26 heavy (non-hydrogen) atoms. The van der Waals surface area contributed by atoms with Crippen LogP contribution in [0.4, 0.5) is 0 Å². The normalized spacial score (nSPS) is 15.2. The molecular formula is C20H22N4O2. The van der Waals surface area contributed by atoms with Crippen molar-refractivity contribution in [3.8, 4) is 17.1 Å². The lowest BCUT2D eigenvalue weighted by molar-refractivity contribution is 0.397. The van der Waals surface area contributed by atoms with E-state index in [4.69, 9.17) is 4.74 Å². The van der Waals surface area contributed by atoms with Gasteiger partial charge in [0.25, 0.3) is 5.56 Å². The van der Waals surface area contributed by atoms with Crippen molar-refractivity contribution in [3.05, 3.63) is 46.1 Å². The predicted molar refractivity (Wildman–Crippen MR) is 100 cm³/mol. The molecule has 134 valence electrons. The molecule has 0 spiro atoms. The van der Waals surface area contributed by atoms with E-state index in [1.807, 2.05) is 29.7 Å². The summed E-state index contributed by atoms with van der Waals surface area (Å²) in [5.74, 6) is 1.13. The first-order valence-corrected chi connectivity index (χ1v) is 8.91. The highest BCUT2D eigenvalue weighted by molar-refractivity contribution is 5.90. The molecule has 0 saturated heterocycles. The number of rotatable bonds is 4. The highest BCUT2D eigenvalue weighted by atomic mass is 16.5. The van der Waals surface area contributed by atoms with Gasteiger partial charge in [-0.05, 0) is 51.7 Å². The first-order valence-electron chi connectivity index (χ1n) is 8.91. The summed E-state index contributed by atoms with van der Waals surface area (Å²) in [6.07, 6.45) is 4.10. The molecule has 1 aliphatic rings. The first kappa shape index (κ1) is 16.7. The maximum Gasteiger partial charge on any atom is 0.272 e. The largest absolute Gasteiger partial charge is 0.481 e. The highest BCUT2D eigenvalue weighted by Gasteiger charge is 2.31. The number of aromatic nitrogens is 4. The Morgan fingerprint density at radius 3 is 2.58 bits per heavy atom. The van der Waals surface area contributed by atoms with Gasteiger partial charge in [0.15, 0.2) is 0 Å². The number of ether oxygens (including phenoxy) is 1. The standard InChI is InChI=1S/C20H22N4O2/c1-11-15(7-8-17(22-11)26-4)18-19-16(9-10-21-18)24(13(3)14-5-6-14)20(25)12(2)23-19/h7-10,13-14H,5-6H2,1-4H3/t13-/m0/s1. The molecule has 1 saturated carbocycles. The van der Waals surface area contributed by atoms with Crippen LogP contribution in [0.5, 0.6) is 5.88 Å². The summed E-state index contributed by atoms with van der Waals surface area (Å²) in [6, 6.07) is 5.81. The van der Waals surface area contributed by atoms with Gasteiger partial charge in [-0.3, -0.25) is 9.78 Å². The maximum absolute atomic E-state index is 12.8. The maximum atomic E-state index is 12.8. The average molecular weight is 350 g/mol. The summed E-state index contributed by atoms with van der Waals surface area (Å²) in [4.78, 5) is 26.4. The van der Waals surface area contributed by atoms with Crippen molar-refractivity contribution < 1.29 is 4.74 Å². The Kier molecular flexibility index (Phi) is 3.98. The van der Waals surface area contributed by atoms with Crippen molar-refractivity contribution in [1.29, 1.82) is 0 Å². The molecule has 1 atom stereocenters. The smallest absolute Gasteiger partial charge is 0.272 e. The molecule has 6 nitrogen and oxygen atoms in total. The fourth-order valence-electron chi connectivity index (χ4n) is 3.54. The lowest BCUT2D eigenvalue weighted by Crippen LogP contribution is -2.28. The van der Waals surface area contributed by atoms with Crippen LogP contribution in [-0.4, -0.2) is 26.6 Å². The molecule has 6 heteroatoms. The van der Waals surface area contributed by atoms with Crippen molar-refractivity contribution in [2.75, 3.05) is 7.11 Å². The number of pyridine rings is 2. The van der Waals surface area contributed by atoms with Gasteiger partial charge < -0.3 is 9.30 Å². The van der Waals surface area contributed by atoms with E-state index in [0.29, 0.717) is 17.5 Å².